The second-order valence-corrected chi connectivity index (χ2v) is 30.7. The van der Waals surface area contributed by atoms with Crippen LogP contribution in [0.25, 0.3) is 54.5 Å². The first-order valence-corrected chi connectivity index (χ1v) is 39.5. The van der Waals surface area contributed by atoms with Crippen LogP contribution < -0.4 is 47.8 Å². The standard InChI is InChI=1S/C21H17F3N2O5.C20H24N2O6.C20H18N2O5.C17H12ClNO3.C15H15NO5/c1-30-18(27)10-25-20(29)16-12-26(17-5-3-2-4-15(17)19(16)28)11-13-6-8-14(9-7-13)31-21(22,23)24;1-12(2)27-19(26)22-11-14(17(24)13-8-6-7-9-15(13)22)18(25)21-10-16(23)28-20(3,4)5;1-27-18(24)10-21-20(26)15-12-22(11-13-6-2-5-9-17(13)23)16-8-4-3-7-14(16)19(15)25;18-14-7-3-1-5-11(14)9-19-10-13(17(21)22)16(20)12-6-2-4-8-15(12)19;1-15(2,3)21-14(20)16-8-10(13(18)19)12(17)9-6-4-5-7-11(9)16/h2-9,12H,10-11H2,1H3,(H,25,29);6-9,11-12H,10H2,1-5H3,(H,21,25);2-9,12,23H,10-11H2,1H3,(H,21,26);1-8,10H,9H2,(H,21,22);4-8H,1-3H3,(H,18,19). The van der Waals surface area contributed by atoms with Crippen LogP contribution in [0.2, 0.25) is 5.02 Å². The molecule has 0 unspecified atom stereocenters. The summed E-state index contributed by atoms with van der Waals surface area (Å²) >= 11 is 6.17. The third-order valence-corrected chi connectivity index (χ3v) is 18.7. The molecule has 0 aliphatic heterocycles. The number of aromatic nitrogens is 5. The van der Waals surface area contributed by atoms with Crippen LogP contribution in [0.1, 0.15) is 124 Å². The highest BCUT2D eigenvalue weighted by atomic mass is 35.5. The van der Waals surface area contributed by atoms with Crippen LogP contribution in [-0.2, 0) is 57.7 Å². The lowest BCUT2D eigenvalue weighted by atomic mass is 10.1. The van der Waals surface area contributed by atoms with E-state index in [2.05, 4.69) is 30.2 Å². The molecule has 0 bridgehead atoms. The van der Waals surface area contributed by atoms with E-state index in [1.807, 2.05) is 24.3 Å². The van der Waals surface area contributed by atoms with Crippen LogP contribution in [0.15, 0.2) is 249 Å². The molecule has 5 aromatic heterocycles. The number of alkyl halides is 3. The number of benzene rings is 8. The quantitative estimate of drug-likeness (QED) is 0.0323. The van der Waals surface area contributed by atoms with Gasteiger partial charge in [0.15, 0.2) is 0 Å². The second kappa shape index (κ2) is 42.7. The van der Waals surface area contributed by atoms with Crippen LogP contribution in [0.4, 0.5) is 22.8 Å². The highest BCUT2D eigenvalue weighted by Crippen LogP contribution is 2.27. The zero-order chi connectivity index (χ0) is 94.5. The number of carbonyl (C=O) groups excluding carboxylic acids is 8. The van der Waals surface area contributed by atoms with Crippen molar-refractivity contribution in [1.29, 1.82) is 0 Å². The Morgan fingerprint density at radius 1 is 0.395 bits per heavy atom. The number of halogens is 4. The number of aromatic hydroxyl groups is 1. The highest BCUT2D eigenvalue weighted by molar-refractivity contribution is 6.31. The fourth-order valence-corrected chi connectivity index (χ4v) is 12.7. The minimum absolute atomic E-state index is 0.0898. The summed E-state index contributed by atoms with van der Waals surface area (Å²) in [6.45, 7) is 13.3. The maximum Gasteiger partial charge on any atom is 0.573 e. The van der Waals surface area contributed by atoms with E-state index in [0.717, 1.165) is 27.1 Å². The van der Waals surface area contributed by atoms with E-state index in [9.17, 15) is 95.3 Å². The summed E-state index contributed by atoms with van der Waals surface area (Å²) < 4.78 is 72.6. The third-order valence-electron chi connectivity index (χ3n) is 18.3. The van der Waals surface area contributed by atoms with Gasteiger partial charge in [-0.05, 0) is 151 Å². The maximum absolute atomic E-state index is 12.8. The first-order chi connectivity index (χ1) is 61.0. The molecule has 13 rings (SSSR count). The molecule has 0 atom stereocenters. The SMILES string of the molecule is CC(C)(C)OC(=O)n1cc(C(=O)O)c(=O)c2ccccc21.CC(C)OC(=O)n1cc(C(=O)NCC(=O)OC(C)(C)C)c(=O)c2ccccc21.COC(=O)CNC(=O)c1cn(Cc2ccc(OC(F)(F)F)cc2)c2ccccc2c1=O.COC(=O)CNC(=O)c1cn(Cc2ccccc2O)c2ccccc2c1=O.O=C(O)c1cn(Cc2ccccc2Cl)c2ccccc2c1=O. The van der Waals surface area contributed by atoms with E-state index in [1.165, 1.54) is 69.2 Å². The number of hydrogen-bond donors (Lipinski definition) is 6. The molecule has 6 N–H and O–H groups in total. The topological polar surface area (TPSA) is 433 Å². The maximum atomic E-state index is 12.8. The normalized spacial score (nSPS) is 11.1. The number of esters is 3. The molecule has 0 saturated carbocycles. The fraction of sp³-hybridized carbons (Fsp3) is 0.215. The molecule has 670 valence electrons. The number of phenolic OH excluding ortho intramolecular Hbond substituents is 1. The number of para-hydroxylation sites is 6. The van der Waals surface area contributed by atoms with Crippen LogP contribution in [0.3, 0.4) is 0 Å². The summed E-state index contributed by atoms with van der Waals surface area (Å²) in [4.78, 5) is 181. The molecule has 3 amide bonds. The van der Waals surface area contributed by atoms with Crippen molar-refractivity contribution in [3.05, 3.63) is 326 Å². The molecule has 0 fully saturated rings. The molecule has 0 spiro atoms. The van der Waals surface area contributed by atoms with E-state index in [1.54, 1.807) is 203 Å². The third kappa shape index (κ3) is 25.9. The Morgan fingerprint density at radius 2 is 0.721 bits per heavy atom. The molecule has 0 aliphatic rings. The minimum Gasteiger partial charge on any atom is -0.508 e. The Labute approximate surface area is 735 Å². The van der Waals surface area contributed by atoms with E-state index in [-0.39, 0.29) is 75.6 Å². The lowest BCUT2D eigenvalue weighted by Crippen LogP contribution is -2.37. The van der Waals surface area contributed by atoms with Gasteiger partial charge in [-0.25, -0.2) is 19.2 Å². The van der Waals surface area contributed by atoms with Crippen molar-refractivity contribution >= 4 is 126 Å². The van der Waals surface area contributed by atoms with Gasteiger partial charge in [0, 0.05) is 81.6 Å². The van der Waals surface area contributed by atoms with E-state index < -0.39 is 123 Å². The number of phenols is 1. The number of fused-ring (bicyclic) bond motifs is 5. The molecule has 0 saturated heterocycles. The number of carbonyl (C=O) groups is 10. The van der Waals surface area contributed by atoms with Gasteiger partial charge in [-0.1, -0.05) is 121 Å². The molecular formula is C93H86ClF3N8O24. The molecule has 36 heteroatoms. The van der Waals surface area contributed by atoms with Crippen LogP contribution in [-0.4, -0.2) is 155 Å². The lowest BCUT2D eigenvalue weighted by molar-refractivity contribution is -0.274. The van der Waals surface area contributed by atoms with Gasteiger partial charge in [0.2, 0.25) is 27.1 Å². The molecule has 0 radical (unpaired) electrons. The highest BCUT2D eigenvalue weighted by Gasteiger charge is 2.32. The summed E-state index contributed by atoms with van der Waals surface area (Å²) in [5, 5.41) is 37.4. The predicted molar refractivity (Wildman–Crippen MR) is 470 cm³/mol. The molecule has 13 aromatic rings. The predicted octanol–water partition coefficient (Wildman–Crippen LogP) is 12.9. The molecule has 129 heavy (non-hydrogen) atoms. The van der Waals surface area contributed by atoms with Crippen molar-refractivity contribution < 1.29 is 105 Å². The first kappa shape index (κ1) is 97.0. The number of rotatable bonds is 19. The minimum atomic E-state index is -4.79. The first-order valence-electron chi connectivity index (χ1n) is 39.1. The van der Waals surface area contributed by atoms with Crippen molar-refractivity contribution in [1.82, 2.24) is 38.8 Å². The zero-order valence-electron chi connectivity index (χ0n) is 70.8. The second-order valence-electron chi connectivity index (χ2n) is 30.3. The monoisotopic (exact) mass is 1790 g/mol. The number of nitrogens with one attached hydrogen (secondary N) is 3. The Morgan fingerprint density at radius 3 is 1.12 bits per heavy atom. The number of amides is 3. The van der Waals surface area contributed by atoms with Gasteiger partial charge < -0.3 is 73.4 Å². The Kier molecular flexibility index (Phi) is 32.1. The largest absolute Gasteiger partial charge is 0.573 e. The average Bonchev–Trinajstić information content (AvgIpc) is 0.789. The number of carboxylic acids is 2. The van der Waals surface area contributed by atoms with E-state index >= 15 is 0 Å². The summed E-state index contributed by atoms with van der Waals surface area (Å²) in [5.41, 5.74) is -0.689. The van der Waals surface area contributed by atoms with Crippen molar-refractivity contribution in [3.8, 4) is 11.5 Å². The molecular weight excluding hydrogens is 1710 g/mol. The summed E-state index contributed by atoms with van der Waals surface area (Å²) in [6, 6.07) is 52.6. The van der Waals surface area contributed by atoms with E-state index in [4.69, 9.17) is 30.9 Å². The number of pyridine rings is 5. The van der Waals surface area contributed by atoms with Crippen molar-refractivity contribution in [2.75, 3.05) is 33.9 Å². The van der Waals surface area contributed by atoms with Gasteiger partial charge in [-0.2, -0.15) is 0 Å². The van der Waals surface area contributed by atoms with Crippen LogP contribution in [0.5, 0.6) is 11.5 Å². The van der Waals surface area contributed by atoms with Crippen molar-refractivity contribution in [2.45, 2.75) is 98.7 Å². The summed E-state index contributed by atoms with van der Waals surface area (Å²) in [5.74, 6) is -6.97. The smallest absolute Gasteiger partial charge is 0.508 e. The number of methoxy groups -OCH3 is 2. The average molecular weight is 1790 g/mol. The Balaban J connectivity index is 0.000000183. The number of nitrogens with zero attached hydrogens (tertiary/aromatic N) is 5. The molecule has 32 nitrogen and oxygen atoms in total. The molecule has 8 aromatic carbocycles. The van der Waals surface area contributed by atoms with E-state index in [0.29, 0.717) is 61.1 Å². The fourth-order valence-electron chi connectivity index (χ4n) is 12.5. The summed E-state index contributed by atoms with van der Waals surface area (Å²) in [6.07, 6.45) is -0.343. The molecule has 0 aliphatic carbocycles. The zero-order valence-corrected chi connectivity index (χ0v) is 71.6. The Hall–Kier alpha value is -15.8. The van der Waals surface area contributed by atoms with Crippen molar-refractivity contribution in [3.63, 3.8) is 0 Å². The van der Waals surface area contributed by atoms with Gasteiger partial charge in [0.1, 0.15) is 70.2 Å². The van der Waals surface area contributed by atoms with Gasteiger partial charge in [0.25, 0.3) is 17.7 Å². The number of carboxylic acid groups (broad SMARTS) is 2. The number of hydrogen-bond acceptors (Lipinski definition) is 22. The Bertz CT molecular complexity index is 6800. The lowest BCUT2D eigenvalue weighted by Gasteiger charge is -2.21. The molecule has 5 heterocycles. The van der Waals surface area contributed by atoms with Gasteiger partial charge in [-0.3, -0.25) is 61.9 Å². The number of aromatic carboxylic acids is 2. The van der Waals surface area contributed by atoms with Gasteiger partial charge in [-0.15, -0.1) is 13.2 Å². The van der Waals surface area contributed by atoms with Gasteiger partial charge in [0.05, 0.1) is 54.5 Å². The van der Waals surface area contributed by atoms with Crippen LogP contribution in [0, 0.1) is 0 Å². The summed E-state index contributed by atoms with van der Waals surface area (Å²) in [7, 11) is 2.38. The van der Waals surface area contributed by atoms with Crippen LogP contribution >= 0.6 is 11.6 Å². The number of ether oxygens (including phenoxy) is 6. The van der Waals surface area contributed by atoms with Gasteiger partial charge >= 0.3 is 48.4 Å². The van der Waals surface area contributed by atoms with Crippen molar-refractivity contribution in [2.24, 2.45) is 0 Å².